The monoisotopic (exact) mass is 354 g/mol. The molecule has 2 N–H and O–H groups in total. The Balaban J connectivity index is 1.56. The van der Waals surface area contributed by atoms with Gasteiger partial charge in [-0.05, 0) is 32.1 Å². The van der Waals surface area contributed by atoms with E-state index in [2.05, 4.69) is 10.1 Å². The van der Waals surface area contributed by atoms with Crippen molar-refractivity contribution < 1.29 is 9.32 Å². The lowest BCUT2D eigenvalue weighted by Gasteiger charge is -2.25. The number of hydrogen-bond acceptors (Lipinski definition) is 5. The molecule has 0 radical (unpaired) electrons. The zero-order chi connectivity index (χ0) is 18.1. The number of benzene rings is 1. The highest BCUT2D eigenvalue weighted by Crippen LogP contribution is 2.40. The van der Waals surface area contributed by atoms with Crippen LogP contribution in [-0.2, 0) is 4.79 Å². The number of likely N-dealkylation sites (tertiary alicyclic amines) is 1. The van der Waals surface area contributed by atoms with Crippen molar-refractivity contribution in [1.29, 1.82) is 0 Å². The number of rotatable bonds is 6. The van der Waals surface area contributed by atoms with E-state index in [4.69, 9.17) is 10.3 Å². The van der Waals surface area contributed by atoms with Crippen LogP contribution < -0.4 is 5.73 Å². The fourth-order valence-electron chi connectivity index (χ4n) is 3.64. The van der Waals surface area contributed by atoms with Crippen LogP contribution in [-0.4, -0.2) is 40.1 Å². The number of carbonyl (C=O) groups excluding carboxylic acids is 1. The van der Waals surface area contributed by atoms with E-state index in [9.17, 15) is 4.79 Å². The predicted molar refractivity (Wildman–Crippen MR) is 98.3 cm³/mol. The first-order chi connectivity index (χ1) is 12.6. The van der Waals surface area contributed by atoms with E-state index in [1.165, 1.54) is 18.4 Å². The van der Waals surface area contributed by atoms with Gasteiger partial charge in [0.2, 0.25) is 17.6 Å². The molecule has 1 amide bonds. The molecule has 1 aromatic carbocycles. The van der Waals surface area contributed by atoms with E-state index in [0.717, 1.165) is 37.9 Å². The maximum atomic E-state index is 12.8. The van der Waals surface area contributed by atoms with E-state index in [-0.39, 0.29) is 11.8 Å². The summed E-state index contributed by atoms with van der Waals surface area (Å²) in [7, 11) is 0. The summed E-state index contributed by atoms with van der Waals surface area (Å²) in [5, 5.41) is 4.14. The molecule has 2 aliphatic rings. The van der Waals surface area contributed by atoms with E-state index in [1.807, 2.05) is 36.1 Å². The van der Waals surface area contributed by atoms with Crippen LogP contribution in [0.5, 0.6) is 0 Å². The molecule has 6 nitrogen and oxygen atoms in total. The van der Waals surface area contributed by atoms with E-state index >= 15 is 0 Å². The summed E-state index contributed by atoms with van der Waals surface area (Å²) in [6.45, 7) is 3.66. The number of carbonyl (C=O) groups is 1. The molecule has 2 atom stereocenters. The van der Waals surface area contributed by atoms with Crippen molar-refractivity contribution in [1.82, 2.24) is 15.0 Å². The van der Waals surface area contributed by atoms with Gasteiger partial charge >= 0.3 is 0 Å². The van der Waals surface area contributed by atoms with Crippen molar-refractivity contribution in [3.8, 4) is 11.4 Å². The lowest BCUT2D eigenvalue weighted by Crippen LogP contribution is -2.46. The Labute approximate surface area is 153 Å². The standard InChI is InChI=1S/C20H26N4O2/c1-13-4-8-15(9-5-13)18-22-19(26-23-18)16(12-14-6-7-14)17(21)20(25)24-10-2-3-11-24/h4-5,8-9,14,16-17H,2-3,6-7,10-12,21H2,1H3/t16-,17-/m0/s1. The Bertz CT molecular complexity index is 760. The van der Waals surface area contributed by atoms with Crippen molar-refractivity contribution >= 4 is 5.91 Å². The Morgan fingerprint density at radius 2 is 1.96 bits per heavy atom. The highest BCUT2D eigenvalue weighted by atomic mass is 16.5. The van der Waals surface area contributed by atoms with Gasteiger partial charge in [-0.3, -0.25) is 4.79 Å². The average molecular weight is 354 g/mol. The van der Waals surface area contributed by atoms with E-state index in [0.29, 0.717) is 17.6 Å². The minimum atomic E-state index is -0.611. The Hall–Kier alpha value is -2.21. The van der Waals surface area contributed by atoms with Crippen molar-refractivity contribution in [3.63, 3.8) is 0 Å². The summed E-state index contributed by atoms with van der Waals surface area (Å²) in [4.78, 5) is 19.3. The smallest absolute Gasteiger partial charge is 0.240 e. The summed E-state index contributed by atoms with van der Waals surface area (Å²) in [5.74, 6) is 1.48. The number of nitrogens with zero attached hydrogens (tertiary/aromatic N) is 3. The lowest BCUT2D eigenvalue weighted by molar-refractivity contribution is -0.132. The minimum absolute atomic E-state index is 0.0169. The number of hydrogen-bond donors (Lipinski definition) is 1. The van der Waals surface area contributed by atoms with Crippen LogP contribution in [0.4, 0.5) is 0 Å². The van der Waals surface area contributed by atoms with Gasteiger partial charge in [0.15, 0.2) is 0 Å². The van der Waals surface area contributed by atoms with Crippen LogP contribution in [0, 0.1) is 12.8 Å². The Kier molecular flexibility index (Phi) is 4.76. The Morgan fingerprint density at radius 3 is 2.62 bits per heavy atom. The van der Waals surface area contributed by atoms with Crippen molar-refractivity contribution in [2.75, 3.05) is 13.1 Å². The fourth-order valence-corrected chi connectivity index (χ4v) is 3.64. The van der Waals surface area contributed by atoms with Crippen LogP contribution in [0.15, 0.2) is 28.8 Å². The molecular weight excluding hydrogens is 328 g/mol. The largest absolute Gasteiger partial charge is 0.341 e. The third-order valence-corrected chi connectivity index (χ3v) is 5.49. The molecule has 2 heterocycles. The number of aromatic nitrogens is 2. The van der Waals surface area contributed by atoms with Gasteiger partial charge in [-0.2, -0.15) is 4.98 Å². The van der Waals surface area contributed by atoms with Crippen LogP contribution in [0.25, 0.3) is 11.4 Å². The van der Waals surface area contributed by atoms with Gasteiger partial charge in [-0.1, -0.05) is 47.8 Å². The molecular formula is C20H26N4O2. The van der Waals surface area contributed by atoms with Crippen molar-refractivity contribution in [2.24, 2.45) is 11.7 Å². The summed E-state index contributed by atoms with van der Waals surface area (Å²) < 4.78 is 5.56. The van der Waals surface area contributed by atoms with Gasteiger partial charge in [-0.25, -0.2) is 0 Å². The quantitative estimate of drug-likeness (QED) is 0.862. The van der Waals surface area contributed by atoms with Gasteiger partial charge in [0.05, 0.1) is 12.0 Å². The number of aryl methyl sites for hydroxylation is 1. The zero-order valence-corrected chi connectivity index (χ0v) is 15.2. The molecule has 2 fully saturated rings. The number of amides is 1. The molecule has 26 heavy (non-hydrogen) atoms. The summed E-state index contributed by atoms with van der Waals surface area (Å²) >= 11 is 0. The Morgan fingerprint density at radius 1 is 1.27 bits per heavy atom. The van der Waals surface area contributed by atoms with Crippen molar-refractivity contribution in [2.45, 2.75) is 51.0 Å². The summed E-state index contributed by atoms with van der Waals surface area (Å²) in [6, 6.07) is 7.40. The molecule has 4 rings (SSSR count). The lowest BCUT2D eigenvalue weighted by atomic mass is 9.93. The minimum Gasteiger partial charge on any atom is -0.341 e. The van der Waals surface area contributed by atoms with Gasteiger partial charge in [-0.15, -0.1) is 0 Å². The molecule has 6 heteroatoms. The summed E-state index contributed by atoms with van der Waals surface area (Å²) in [5.41, 5.74) is 8.49. The second kappa shape index (κ2) is 7.19. The first-order valence-electron chi connectivity index (χ1n) is 9.57. The molecule has 0 spiro atoms. The second-order valence-corrected chi connectivity index (χ2v) is 7.67. The topological polar surface area (TPSA) is 85.2 Å². The molecule has 2 aromatic rings. The molecule has 1 saturated carbocycles. The van der Waals surface area contributed by atoms with Gasteiger partial charge < -0.3 is 15.2 Å². The SMILES string of the molecule is Cc1ccc(-c2noc([C@@H](CC3CC3)[C@H](N)C(=O)N3CCCC3)n2)cc1. The molecule has 1 saturated heterocycles. The molecule has 1 aliphatic heterocycles. The highest BCUT2D eigenvalue weighted by molar-refractivity contribution is 5.82. The van der Waals surface area contributed by atoms with E-state index in [1.54, 1.807) is 0 Å². The molecule has 0 unspecified atom stereocenters. The fraction of sp³-hybridized carbons (Fsp3) is 0.550. The predicted octanol–water partition coefficient (Wildman–Crippen LogP) is 2.88. The molecule has 1 aromatic heterocycles. The molecule has 0 bridgehead atoms. The van der Waals surface area contributed by atoms with Gasteiger partial charge in [0.25, 0.3) is 0 Å². The normalized spacial score (nSPS) is 19.5. The van der Waals surface area contributed by atoms with Crippen molar-refractivity contribution in [3.05, 3.63) is 35.7 Å². The molecule has 138 valence electrons. The van der Waals surface area contributed by atoms with Crippen LogP contribution in [0.3, 0.4) is 0 Å². The van der Waals surface area contributed by atoms with Crippen LogP contribution >= 0.6 is 0 Å². The zero-order valence-electron chi connectivity index (χ0n) is 15.2. The van der Waals surface area contributed by atoms with E-state index < -0.39 is 6.04 Å². The molecule has 1 aliphatic carbocycles. The average Bonchev–Trinajstić information content (AvgIpc) is 3.13. The maximum Gasteiger partial charge on any atom is 0.240 e. The van der Waals surface area contributed by atoms with Gasteiger partial charge in [0.1, 0.15) is 0 Å². The summed E-state index contributed by atoms with van der Waals surface area (Å²) in [6.07, 6.45) is 5.35. The highest BCUT2D eigenvalue weighted by Gasteiger charge is 2.38. The first kappa shape index (κ1) is 17.2. The van der Waals surface area contributed by atoms with Gasteiger partial charge in [0, 0.05) is 18.7 Å². The number of nitrogens with two attached hydrogens (primary N) is 1. The first-order valence-corrected chi connectivity index (χ1v) is 9.57. The van der Waals surface area contributed by atoms with Crippen LogP contribution in [0.1, 0.15) is 49.5 Å². The second-order valence-electron chi connectivity index (χ2n) is 7.67. The van der Waals surface area contributed by atoms with Crippen LogP contribution in [0.2, 0.25) is 0 Å². The third kappa shape index (κ3) is 3.65. The third-order valence-electron chi connectivity index (χ3n) is 5.49. The maximum absolute atomic E-state index is 12.8.